The molecule has 48 valence electrons. The van der Waals surface area contributed by atoms with E-state index in [9.17, 15) is 4.79 Å². The lowest BCUT2D eigenvalue weighted by atomic mass is 10.6. The molecule has 0 aliphatic carbocycles. The van der Waals surface area contributed by atoms with Crippen LogP contribution in [0.25, 0.3) is 0 Å². The third-order valence-corrected chi connectivity index (χ3v) is 3.18. The van der Waals surface area contributed by atoms with Crippen LogP contribution >= 0.6 is 0 Å². The first-order valence-electron chi connectivity index (χ1n) is 3.01. The summed E-state index contributed by atoms with van der Waals surface area (Å²) in [5.41, 5.74) is 0. The molecule has 0 rings (SSSR count). The fourth-order valence-electron chi connectivity index (χ4n) is 0.530. The summed E-state index contributed by atoms with van der Waals surface area (Å²) >= 11 is 0. The van der Waals surface area contributed by atoms with Crippen molar-refractivity contribution in [2.24, 2.45) is 0 Å². The van der Waals surface area contributed by atoms with Gasteiger partial charge in [-0.05, 0) is 6.42 Å². The second-order valence-corrected chi connectivity index (χ2v) is 8.08. The van der Waals surface area contributed by atoms with E-state index in [1.165, 1.54) is 0 Å². The van der Waals surface area contributed by atoms with Gasteiger partial charge in [0.1, 0.15) is 13.5 Å². The van der Waals surface area contributed by atoms with E-state index >= 15 is 0 Å². The maximum absolute atomic E-state index is 10.9. The van der Waals surface area contributed by atoms with Gasteiger partial charge in [-0.2, -0.15) is 0 Å². The van der Waals surface area contributed by atoms with Crippen LogP contribution in [0.15, 0.2) is 0 Å². The lowest BCUT2D eigenvalue weighted by Crippen LogP contribution is -2.32. The minimum Gasteiger partial charge on any atom is -0.305 e. The minimum absolute atomic E-state index is 0.470. The molecular weight excluding hydrogens is 116 g/mol. The molecule has 0 radical (unpaired) electrons. The second kappa shape index (κ2) is 2.44. The van der Waals surface area contributed by atoms with Crippen LogP contribution in [-0.4, -0.2) is 13.5 Å². The smallest absolute Gasteiger partial charge is 0.123 e. The van der Waals surface area contributed by atoms with Gasteiger partial charge >= 0.3 is 0 Å². The van der Waals surface area contributed by atoms with Crippen LogP contribution in [0.4, 0.5) is 0 Å². The predicted octanol–water partition coefficient (Wildman–Crippen LogP) is 1.84. The van der Waals surface area contributed by atoms with E-state index in [0.717, 1.165) is 6.42 Å². The molecule has 0 aromatic rings. The van der Waals surface area contributed by atoms with Crippen molar-refractivity contribution in [2.75, 3.05) is 0 Å². The van der Waals surface area contributed by atoms with Gasteiger partial charge < -0.3 is 4.79 Å². The Morgan fingerprint density at radius 1 is 1.38 bits per heavy atom. The average Bonchev–Trinajstić information content (AvgIpc) is 1.62. The zero-order chi connectivity index (χ0) is 6.78. The highest BCUT2D eigenvalue weighted by molar-refractivity contribution is 7.03. The Morgan fingerprint density at radius 2 is 1.75 bits per heavy atom. The molecule has 0 amide bonds. The maximum Gasteiger partial charge on any atom is 0.123 e. The van der Waals surface area contributed by atoms with E-state index in [1.807, 2.05) is 6.92 Å². The number of carbonyl (C=O) groups is 1. The Bertz CT molecular complexity index is 91.2. The number of hydrogen-bond donors (Lipinski definition) is 0. The summed E-state index contributed by atoms with van der Waals surface area (Å²) in [5.74, 6) is 0. The van der Waals surface area contributed by atoms with Gasteiger partial charge in [0.25, 0.3) is 0 Å². The van der Waals surface area contributed by atoms with Crippen molar-refractivity contribution in [2.45, 2.75) is 33.0 Å². The highest BCUT2D eigenvalue weighted by Crippen LogP contribution is 2.03. The first-order chi connectivity index (χ1) is 3.48. The van der Waals surface area contributed by atoms with Gasteiger partial charge in [-0.1, -0.05) is 26.6 Å². The fraction of sp³-hybridized carbons (Fsp3) is 0.833. The molecule has 0 aromatic heterocycles. The zero-order valence-corrected chi connectivity index (χ0v) is 7.12. The first-order valence-corrected chi connectivity index (χ1v) is 6.51. The molecule has 0 unspecified atom stereocenters. The molecule has 8 heavy (non-hydrogen) atoms. The molecule has 0 aliphatic rings. The summed E-state index contributed by atoms with van der Waals surface area (Å²) in [6.45, 7) is 8.18. The van der Waals surface area contributed by atoms with Crippen molar-refractivity contribution < 1.29 is 4.79 Å². The van der Waals surface area contributed by atoms with E-state index in [1.54, 1.807) is 0 Å². The molecule has 0 saturated heterocycles. The van der Waals surface area contributed by atoms with Crippen molar-refractivity contribution in [3.63, 3.8) is 0 Å². The molecule has 0 bridgehead atoms. The molecular formula is C6H14OSi. The van der Waals surface area contributed by atoms with Gasteiger partial charge in [0.05, 0.1) is 0 Å². The molecule has 0 N–H and O–H groups in total. The molecule has 0 fully saturated rings. The van der Waals surface area contributed by atoms with Gasteiger partial charge in [0.2, 0.25) is 0 Å². The zero-order valence-electron chi connectivity index (χ0n) is 6.12. The van der Waals surface area contributed by atoms with Crippen LogP contribution in [0.2, 0.25) is 19.6 Å². The Kier molecular flexibility index (Phi) is 2.41. The molecule has 2 heteroatoms. The number of hydrogen-bond acceptors (Lipinski definition) is 1. The summed E-state index contributed by atoms with van der Waals surface area (Å²) in [6.07, 6.45) is 0.718. The van der Waals surface area contributed by atoms with Crippen LogP contribution in [0.5, 0.6) is 0 Å². The van der Waals surface area contributed by atoms with Crippen LogP contribution < -0.4 is 0 Å². The van der Waals surface area contributed by atoms with Crippen molar-refractivity contribution in [3.8, 4) is 0 Å². The number of carbonyl (C=O) groups excluding carboxylic acids is 1. The van der Waals surface area contributed by atoms with Crippen molar-refractivity contribution in [1.29, 1.82) is 0 Å². The Hall–Kier alpha value is -0.113. The van der Waals surface area contributed by atoms with Gasteiger partial charge in [-0.3, -0.25) is 0 Å². The van der Waals surface area contributed by atoms with E-state index in [4.69, 9.17) is 0 Å². The van der Waals surface area contributed by atoms with E-state index in [-0.39, 0.29) is 0 Å². The summed E-state index contributed by atoms with van der Waals surface area (Å²) in [7, 11) is -1.40. The van der Waals surface area contributed by atoms with Gasteiger partial charge in [0, 0.05) is 0 Å². The topological polar surface area (TPSA) is 17.1 Å². The fourth-order valence-corrected chi connectivity index (χ4v) is 1.59. The summed E-state index contributed by atoms with van der Waals surface area (Å²) < 4.78 is 0. The Morgan fingerprint density at radius 3 is 1.75 bits per heavy atom. The molecule has 0 saturated carbocycles. The lowest BCUT2D eigenvalue weighted by molar-refractivity contribution is -0.112. The summed E-state index contributed by atoms with van der Waals surface area (Å²) in [5, 5.41) is 0.470. The summed E-state index contributed by atoms with van der Waals surface area (Å²) in [4.78, 5) is 10.9. The largest absolute Gasteiger partial charge is 0.305 e. The second-order valence-electron chi connectivity index (χ2n) is 3.03. The normalized spacial score (nSPS) is 11.5. The van der Waals surface area contributed by atoms with E-state index in [0.29, 0.717) is 5.41 Å². The van der Waals surface area contributed by atoms with Gasteiger partial charge in [-0.25, -0.2) is 0 Å². The van der Waals surface area contributed by atoms with E-state index in [2.05, 4.69) is 19.6 Å². The molecule has 0 heterocycles. The SMILES string of the molecule is CCC(=O)[Si](C)(C)C. The van der Waals surface area contributed by atoms with Gasteiger partial charge in [0.15, 0.2) is 0 Å². The van der Waals surface area contributed by atoms with Crippen LogP contribution in [-0.2, 0) is 4.79 Å². The molecule has 0 atom stereocenters. The van der Waals surface area contributed by atoms with Crippen molar-refractivity contribution in [1.82, 2.24) is 0 Å². The van der Waals surface area contributed by atoms with Crippen LogP contribution in [0, 0.1) is 0 Å². The highest BCUT2D eigenvalue weighted by Gasteiger charge is 2.21. The Balaban J connectivity index is 3.82. The molecule has 0 spiro atoms. The third kappa shape index (κ3) is 2.26. The molecule has 0 aromatic carbocycles. The summed E-state index contributed by atoms with van der Waals surface area (Å²) in [6, 6.07) is 0. The minimum atomic E-state index is -1.40. The first kappa shape index (κ1) is 7.89. The van der Waals surface area contributed by atoms with Crippen LogP contribution in [0.1, 0.15) is 13.3 Å². The standard InChI is InChI=1S/C6H14OSi/c1-5-6(7)8(2,3)4/h5H2,1-4H3. The lowest BCUT2D eigenvalue weighted by Gasteiger charge is -2.10. The predicted molar refractivity (Wildman–Crippen MR) is 38.6 cm³/mol. The Labute approximate surface area is 52.1 Å². The maximum atomic E-state index is 10.9. The number of rotatable bonds is 2. The van der Waals surface area contributed by atoms with Crippen molar-refractivity contribution >= 4 is 13.5 Å². The van der Waals surface area contributed by atoms with Crippen molar-refractivity contribution in [3.05, 3.63) is 0 Å². The molecule has 0 aliphatic heterocycles. The quantitative estimate of drug-likeness (QED) is 0.521. The third-order valence-electron chi connectivity index (χ3n) is 1.16. The monoisotopic (exact) mass is 130 g/mol. The van der Waals surface area contributed by atoms with Gasteiger partial charge in [-0.15, -0.1) is 0 Å². The average molecular weight is 130 g/mol. The van der Waals surface area contributed by atoms with Crippen LogP contribution in [0.3, 0.4) is 0 Å². The molecule has 1 nitrogen and oxygen atoms in total. The highest BCUT2D eigenvalue weighted by atomic mass is 28.3. The van der Waals surface area contributed by atoms with E-state index < -0.39 is 8.07 Å².